The average Bonchev–Trinajstić information content (AvgIpc) is 3.13. The van der Waals surface area contributed by atoms with Crippen molar-refractivity contribution in [3.8, 4) is 0 Å². The number of esters is 2. The summed E-state index contributed by atoms with van der Waals surface area (Å²) in [5.41, 5.74) is 0.719. The van der Waals surface area contributed by atoms with Crippen LogP contribution in [0.1, 0.15) is 23.0 Å². The predicted octanol–water partition coefficient (Wildman–Crippen LogP) is 2.85. The van der Waals surface area contributed by atoms with Gasteiger partial charge in [0.1, 0.15) is 0 Å². The molecule has 28 heavy (non-hydrogen) atoms. The second-order valence-electron chi connectivity index (χ2n) is 6.47. The lowest BCUT2D eigenvalue weighted by molar-refractivity contribution is -0.157. The first-order valence-corrected chi connectivity index (χ1v) is 9.14. The third kappa shape index (κ3) is 2.89. The van der Waals surface area contributed by atoms with Crippen LogP contribution in [0.2, 0.25) is 10.0 Å². The lowest BCUT2D eigenvalue weighted by Gasteiger charge is -2.26. The van der Waals surface area contributed by atoms with Crippen LogP contribution in [0.5, 0.6) is 0 Å². The molecule has 8 heteroatoms. The molecule has 0 unspecified atom stereocenters. The summed E-state index contributed by atoms with van der Waals surface area (Å²) in [5.74, 6) is -5.96. The molecule has 0 radical (unpaired) electrons. The number of ketones is 2. The summed E-state index contributed by atoms with van der Waals surface area (Å²) in [5, 5.41) is 0.517. The van der Waals surface area contributed by atoms with Crippen LogP contribution in [0.3, 0.4) is 0 Å². The zero-order valence-electron chi connectivity index (χ0n) is 14.1. The van der Waals surface area contributed by atoms with Crippen LogP contribution in [0.25, 0.3) is 0 Å². The minimum absolute atomic E-state index is 0.258. The molecule has 0 amide bonds. The third-order valence-corrected chi connectivity index (χ3v) is 5.60. The summed E-state index contributed by atoms with van der Waals surface area (Å²) in [6.07, 6.45) is -2.40. The fraction of sp³-hybridized carbons (Fsp3) is 0.200. The van der Waals surface area contributed by atoms with E-state index in [1.807, 2.05) is 0 Å². The number of ether oxygens (including phenoxy) is 2. The molecule has 2 aliphatic heterocycles. The van der Waals surface area contributed by atoms with Crippen LogP contribution < -0.4 is 0 Å². The highest BCUT2D eigenvalue weighted by atomic mass is 35.5. The maximum Gasteiger partial charge on any atom is 0.375 e. The molecule has 2 saturated heterocycles. The van der Waals surface area contributed by atoms with Crippen LogP contribution in [-0.2, 0) is 28.7 Å². The van der Waals surface area contributed by atoms with Gasteiger partial charge in [-0.1, -0.05) is 59.6 Å². The highest BCUT2D eigenvalue weighted by molar-refractivity contribution is 6.40. The van der Waals surface area contributed by atoms with E-state index in [9.17, 15) is 19.2 Å². The molecule has 2 aromatic rings. The third-order valence-electron chi connectivity index (χ3n) is 4.91. The van der Waals surface area contributed by atoms with E-state index in [1.54, 1.807) is 48.5 Å². The van der Waals surface area contributed by atoms with Gasteiger partial charge in [-0.05, 0) is 23.3 Å². The van der Waals surface area contributed by atoms with Crippen LogP contribution in [0.15, 0.2) is 48.5 Å². The Morgan fingerprint density at radius 1 is 0.607 bits per heavy atom. The number of rotatable bonds is 3. The highest BCUT2D eigenvalue weighted by Gasteiger charge is 2.57. The van der Waals surface area contributed by atoms with Crippen molar-refractivity contribution < 1.29 is 28.7 Å². The van der Waals surface area contributed by atoms with Crippen LogP contribution >= 0.6 is 23.2 Å². The van der Waals surface area contributed by atoms with Crippen molar-refractivity contribution in [1.82, 2.24) is 0 Å². The van der Waals surface area contributed by atoms with Gasteiger partial charge in [-0.15, -0.1) is 0 Å². The van der Waals surface area contributed by atoms with E-state index < -0.39 is 47.5 Å². The molecule has 4 rings (SSSR count). The molecular formula is C20H12Cl2O6. The van der Waals surface area contributed by atoms with E-state index in [4.69, 9.17) is 32.7 Å². The van der Waals surface area contributed by atoms with Crippen molar-refractivity contribution in [2.24, 2.45) is 0 Å². The van der Waals surface area contributed by atoms with Crippen LogP contribution in [0.4, 0.5) is 0 Å². The number of carbonyl (C=O) groups is 4. The van der Waals surface area contributed by atoms with E-state index >= 15 is 0 Å². The van der Waals surface area contributed by atoms with Crippen molar-refractivity contribution in [2.45, 2.75) is 24.0 Å². The Balaban J connectivity index is 1.81. The summed E-state index contributed by atoms with van der Waals surface area (Å²) in [6.45, 7) is 0. The number of benzene rings is 2. The van der Waals surface area contributed by atoms with Crippen molar-refractivity contribution in [1.29, 1.82) is 0 Å². The maximum atomic E-state index is 12.5. The summed E-state index contributed by atoms with van der Waals surface area (Å²) in [7, 11) is 0. The lowest BCUT2D eigenvalue weighted by Crippen LogP contribution is -2.36. The van der Waals surface area contributed by atoms with Gasteiger partial charge < -0.3 is 9.47 Å². The van der Waals surface area contributed by atoms with E-state index in [0.717, 1.165) is 0 Å². The zero-order valence-corrected chi connectivity index (χ0v) is 15.6. The average molecular weight is 419 g/mol. The Bertz CT molecular complexity index is 936. The molecule has 2 aromatic carbocycles. The van der Waals surface area contributed by atoms with Crippen LogP contribution in [-0.4, -0.2) is 35.7 Å². The molecule has 0 aromatic heterocycles. The van der Waals surface area contributed by atoms with Gasteiger partial charge in [-0.3, -0.25) is 9.59 Å². The zero-order chi connectivity index (χ0) is 20.0. The molecule has 0 spiro atoms. The highest BCUT2D eigenvalue weighted by Crippen LogP contribution is 2.43. The topological polar surface area (TPSA) is 86.7 Å². The first-order valence-electron chi connectivity index (χ1n) is 8.38. The standard InChI is InChI=1S/C20H12Cl2O6/c21-11-7-3-1-5-9(11)13-15(23)19(25)27-17(13)18-14(16(24)20(26)28-18)10-6-2-4-8-12(10)22/h1-8,13-14,17-18H/t13-,14-,17-,18+/m0/s1. The fourth-order valence-electron chi connectivity index (χ4n) is 3.66. The van der Waals surface area contributed by atoms with Gasteiger partial charge in [-0.25, -0.2) is 9.59 Å². The maximum absolute atomic E-state index is 12.5. The van der Waals surface area contributed by atoms with Crippen LogP contribution in [0, 0.1) is 0 Å². The van der Waals surface area contributed by atoms with Gasteiger partial charge in [0, 0.05) is 10.0 Å². The minimum Gasteiger partial charge on any atom is -0.451 e. The Labute approximate surface area is 169 Å². The number of cyclic esters (lactones) is 2. The first-order chi connectivity index (χ1) is 13.4. The normalized spacial score (nSPS) is 27.1. The monoisotopic (exact) mass is 418 g/mol. The first kappa shape index (κ1) is 18.7. The number of hydrogen-bond donors (Lipinski definition) is 0. The number of Topliss-reactive ketones (excluding diaryl/α,β-unsaturated/α-hetero) is 2. The summed E-state index contributed by atoms with van der Waals surface area (Å²) in [6, 6.07) is 13.0. The van der Waals surface area contributed by atoms with E-state index in [2.05, 4.69) is 0 Å². The number of hydrogen-bond acceptors (Lipinski definition) is 6. The van der Waals surface area contributed by atoms with E-state index in [1.165, 1.54) is 0 Å². The van der Waals surface area contributed by atoms with Gasteiger partial charge in [0.15, 0.2) is 12.2 Å². The van der Waals surface area contributed by atoms with Crippen molar-refractivity contribution in [3.63, 3.8) is 0 Å². The van der Waals surface area contributed by atoms with Crippen molar-refractivity contribution >= 4 is 46.7 Å². The Morgan fingerprint density at radius 3 is 1.32 bits per heavy atom. The van der Waals surface area contributed by atoms with Crippen molar-refractivity contribution in [3.05, 3.63) is 69.7 Å². The van der Waals surface area contributed by atoms with E-state index in [0.29, 0.717) is 11.1 Å². The molecule has 0 N–H and O–H groups in total. The SMILES string of the molecule is O=C1O[C@H]([C@@H]2OC(=O)C(=O)[C@@H]2c2ccccc2Cl)[C@@H](c2ccccc2Cl)C1=O. The van der Waals surface area contributed by atoms with Gasteiger partial charge in [0.25, 0.3) is 11.6 Å². The Kier molecular flexibility index (Phi) is 4.69. The summed E-state index contributed by atoms with van der Waals surface area (Å²) >= 11 is 12.4. The molecule has 0 aliphatic carbocycles. The van der Waals surface area contributed by atoms with Gasteiger partial charge in [0.05, 0.1) is 11.8 Å². The second-order valence-corrected chi connectivity index (χ2v) is 7.28. The molecule has 4 atom stereocenters. The molecule has 0 bridgehead atoms. The minimum atomic E-state index is -1.20. The summed E-state index contributed by atoms with van der Waals surface area (Å²) in [4.78, 5) is 49.1. The Morgan fingerprint density at radius 2 is 0.964 bits per heavy atom. The fourth-order valence-corrected chi connectivity index (χ4v) is 4.16. The van der Waals surface area contributed by atoms with Gasteiger partial charge >= 0.3 is 11.9 Å². The smallest absolute Gasteiger partial charge is 0.375 e. The number of carbonyl (C=O) groups excluding carboxylic acids is 4. The molecule has 0 saturated carbocycles. The Hall–Kier alpha value is -2.70. The second kappa shape index (κ2) is 7.04. The quantitative estimate of drug-likeness (QED) is 0.562. The molecule has 2 heterocycles. The molecule has 2 aliphatic rings. The largest absolute Gasteiger partial charge is 0.451 e. The van der Waals surface area contributed by atoms with Gasteiger partial charge in [-0.2, -0.15) is 0 Å². The summed E-state index contributed by atoms with van der Waals surface area (Å²) < 4.78 is 10.5. The van der Waals surface area contributed by atoms with Gasteiger partial charge in [0.2, 0.25) is 0 Å². The predicted molar refractivity (Wildman–Crippen MR) is 98.2 cm³/mol. The molecule has 2 fully saturated rings. The number of halogens is 2. The van der Waals surface area contributed by atoms with E-state index in [-0.39, 0.29) is 10.0 Å². The van der Waals surface area contributed by atoms with Crippen molar-refractivity contribution in [2.75, 3.05) is 0 Å². The molecule has 6 nitrogen and oxygen atoms in total. The lowest BCUT2D eigenvalue weighted by atomic mass is 9.81. The molecular weight excluding hydrogens is 407 g/mol. The molecule has 142 valence electrons.